The van der Waals surface area contributed by atoms with E-state index in [2.05, 4.69) is 10.6 Å². The van der Waals surface area contributed by atoms with E-state index < -0.39 is 35.0 Å². The minimum Gasteiger partial charge on any atom is -0.383 e. The van der Waals surface area contributed by atoms with E-state index >= 15 is 0 Å². The number of hydrogen-bond acceptors (Lipinski definition) is 5. The van der Waals surface area contributed by atoms with E-state index in [9.17, 15) is 18.8 Å². The van der Waals surface area contributed by atoms with Gasteiger partial charge in [0, 0.05) is 24.4 Å². The number of amides is 3. The maximum Gasteiger partial charge on any atom is 0.250 e. The van der Waals surface area contributed by atoms with Gasteiger partial charge in [-0.15, -0.1) is 0 Å². The van der Waals surface area contributed by atoms with Gasteiger partial charge in [0.2, 0.25) is 17.7 Å². The fourth-order valence-corrected chi connectivity index (χ4v) is 4.74. The van der Waals surface area contributed by atoms with Crippen molar-refractivity contribution in [1.82, 2.24) is 10.2 Å². The fraction of sp³-hybridized carbons (Fsp3) is 0.526. The number of imide groups is 1. The first kappa shape index (κ1) is 18.1. The lowest BCUT2D eigenvalue weighted by molar-refractivity contribution is -0.143. The minimum atomic E-state index is -1.44. The molecule has 0 radical (unpaired) electrons. The van der Waals surface area contributed by atoms with Crippen molar-refractivity contribution in [3.63, 3.8) is 0 Å². The molecule has 0 unspecified atom stereocenters. The number of likely N-dealkylation sites (tertiary alicyclic amines) is 1. The second-order valence-electron chi connectivity index (χ2n) is 7.69. The lowest BCUT2D eigenvalue weighted by Crippen LogP contribution is -2.54. The predicted molar refractivity (Wildman–Crippen MR) is 94.0 cm³/mol. The molecule has 1 aromatic carbocycles. The number of hydrogen-bond donors (Lipinski definition) is 2. The van der Waals surface area contributed by atoms with E-state index in [0.29, 0.717) is 11.3 Å². The highest BCUT2D eigenvalue weighted by atomic mass is 19.1. The third-order valence-corrected chi connectivity index (χ3v) is 5.94. The molecule has 0 bridgehead atoms. The van der Waals surface area contributed by atoms with Gasteiger partial charge in [-0.05, 0) is 24.1 Å². The number of anilines is 1. The molecule has 2 N–H and O–H groups in total. The Balaban J connectivity index is 1.86. The number of rotatable bonds is 4. The molecule has 8 heteroatoms. The molecule has 27 heavy (non-hydrogen) atoms. The van der Waals surface area contributed by atoms with Crippen LogP contribution in [-0.4, -0.2) is 48.9 Å². The number of carbonyl (C=O) groups excluding carboxylic acids is 3. The number of methoxy groups -OCH3 is 1. The molecule has 7 nitrogen and oxygen atoms in total. The number of nitrogens with zero attached hydrogens (tertiary/aromatic N) is 1. The van der Waals surface area contributed by atoms with Gasteiger partial charge in [-0.2, -0.15) is 0 Å². The highest BCUT2D eigenvalue weighted by Crippen LogP contribution is 2.53. The molecule has 3 aliphatic rings. The lowest BCUT2D eigenvalue weighted by atomic mass is 9.76. The van der Waals surface area contributed by atoms with Crippen LogP contribution in [0.4, 0.5) is 10.1 Å². The molecule has 1 aromatic rings. The highest BCUT2D eigenvalue weighted by Gasteiger charge is 2.70. The topological polar surface area (TPSA) is 87.7 Å². The van der Waals surface area contributed by atoms with Crippen LogP contribution in [-0.2, 0) is 24.7 Å². The van der Waals surface area contributed by atoms with Gasteiger partial charge in [0.05, 0.1) is 25.0 Å². The normalized spacial score (nSPS) is 31.8. The summed E-state index contributed by atoms with van der Waals surface area (Å²) in [6, 6.07) is 3.65. The Morgan fingerprint density at radius 1 is 1.26 bits per heavy atom. The minimum absolute atomic E-state index is 0.00130. The van der Waals surface area contributed by atoms with Crippen LogP contribution in [0.5, 0.6) is 0 Å². The van der Waals surface area contributed by atoms with Crippen molar-refractivity contribution in [3.8, 4) is 0 Å². The van der Waals surface area contributed by atoms with E-state index in [1.807, 2.05) is 13.8 Å². The van der Waals surface area contributed by atoms with Crippen molar-refractivity contribution in [2.24, 2.45) is 17.8 Å². The van der Waals surface area contributed by atoms with Gasteiger partial charge >= 0.3 is 0 Å². The SMILES string of the molecule is COCCN1C(=O)[C@H]2[C@@H](C1=O)[C@@]1(N[C@H]2C(C)C)C(=O)Nc2ccc(F)cc21. The zero-order chi connectivity index (χ0) is 19.5. The van der Waals surface area contributed by atoms with E-state index in [-0.39, 0.29) is 31.0 Å². The molecule has 3 heterocycles. The number of carbonyl (C=O) groups is 3. The molecule has 2 saturated heterocycles. The maximum atomic E-state index is 14.0. The molecule has 3 amide bonds. The van der Waals surface area contributed by atoms with Crippen LogP contribution in [0.3, 0.4) is 0 Å². The average Bonchev–Trinajstić information content (AvgIpc) is 3.20. The zero-order valence-corrected chi connectivity index (χ0v) is 15.4. The Hall–Kier alpha value is -2.32. The summed E-state index contributed by atoms with van der Waals surface area (Å²) in [5.74, 6) is -3.21. The Morgan fingerprint density at radius 3 is 2.67 bits per heavy atom. The van der Waals surface area contributed by atoms with Gasteiger partial charge < -0.3 is 10.1 Å². The van der Waals surface area contributed by atoms with Crippen molar-refractivity contribution in [2.75, 3.05) is 25.6 Å². The van der Waals surface area contributed by atoms with Crippen molar-refractivity contribution >= 4 is 23.4 Å². The van der Waals surface area contributed by atoms with Gasteiger partial charge in [0.25, 0.3) is 0 Å². The van der Waals surface area contributed by atoms with Crippen LogP contribution in [0.2, 0.25) is 0 Å². The summed E-state index contributed by atoms with van der Waals surface area (Å²) in [5, 5.41) is 6.01. The summed E-state index contributed by atoms with van der Waals surface area (Å²) in [5.41, 5.74) is -0.584. The summed E-state index contributed by atoms with van der Waals surface area (Å²) in [7, 11) is 1.50. The van der Waals surface area contributed by atoms with Gasteiger partial charge in [-0.1, -0.05) is 13.8 Å². The molecule has 0 aliphatic carbocycles. The summed E-state index contributed by atoms with van der Waals surface area (Å²) in [6.07, 6.45) is 0. The van der Waals surface area contributed by atoms with Crippen LogP contribution in [0.1, 0.15) is 19.4 Å². The van der Waals surface area contributed by atoms with Crippen LogP contribution in [0, 0.1) is 23.6 Å². The molecule has 4 atom stereocenters. The van der Waals surface area contributed by atoms with Crippen LogP contribution in [0.15, 0.2) is 18.2 Å². The molecule has 3 aliphatic heterocycles. The monoisotopic (exact) mass is 375 g/mol. The van der Waals surface area contributed by atoms with Crippen LogP contribution < -0.4 is 10.6 Å². The van der Waals surface area contributed by atoms with E-state index in [1.54, 1.807) is 0 Å². The largest absolute Gasteiger partial charge is 0.383 e. The Morgan fingerprint density at radius 2 is 2.00 bits per heavy atom. The van der Waals surface area contributed by atoms with Gasteiger partial charge in [-0.25, -0.2) is 4.39 Å². The van der Waals surface area contributed by atoms with Gasteiger partial charge in [0.1, 0.15) is 11.4 Å². The van der Waals surface area contributed by atoms with Crippen molar-refractivity contribution in [1.29, 1.82) is 0 Å². The molecule has 144 valence electrons. The highest BCUT2D eigenvalue weighted by molar-refractivity contribution is 6.15. The van der Waals surface area contributed by atoms with Crippen molar-refractivity contribution in [2.45, 2.75) is 25.4 Å². The van der Waals surface area contributed by atoms with Crippen molar-refractivity contribution in [3.05, 3.63) is 29.6 Å². The Labute approximate surface area is 156 Å². The number of nitrogens with one attached hydrogen (secondary N) is 2. The Kier molecular flexibility index (Phi) is 4.08. The number of fused-ring (bicyclic) bond motifs is 4. The first-order valence-electron chi connectivity index (χ1n) is 9.06. The fourth-order valence-electron chi connectivity index (χ4n) is 4.74. The maximum absolute atomic E-state index is 14.0. The molecule has 4 rings (SSSR count). The molecule has 0 aromatic heterocycles. The van der Waals surface area contributed by atoms with E-state index in [4.69, 9.17) is 4.74 Å². The van der Waals surface area contributed by atoms with Crippen LogP contribution >= 0.6 is 0 Å². The van der Waals surface area contributed by atoms with E-state index in [1.165, 1.54) is 30.2 Å². The van der Waals surface area contributed by atoms with Crippen molar-refractivity contribution < 1.29 is 23.5 Å². The average molecular weight is 375 g/mol. The van der Waals surface area contributed by atoms with Gasteiger partial charge in [-0.3, -0.25) is 24.6 Å². The molecular weight excluding hydrogens is 353 g/mol. The first-order valence-corrected chi connectivity index (χ1v) is 9.06. The van der Waals surface area contributed by atoms with E-state index in [0.717, 1.165) is 0 Å². The summed E-state index contributed by atoms with van der Waals surface area (Å²) in [6.45, 7) is 4.23. The Bertz CT molecular complexity index is 842. The smallest absolute Gasteiger partial charge is 0.250 e. The van der Waals surface area contributed by atoms with Gasteiger partial charge in [0.15, 0.2) is 0 Å². The number of benzene rings is 1. The van der Waals surface area contributed by atoms with Crippen LogP contribution in [0.25, 0.3) is 0 Å². The molecule has 2 fully saturated rings. The molecular formula is C19H22FN3O4. The number of ether oxygens (including phenoxy) is 1. The molecule has 0 saturated carbocycles. The zero-order valence-electron chi connectivity index (χ0n) is 15.4. The standard InChI is InChI=1S/C19H22FN3O4/c1-9(2)15-13-14(17(25)23(16(13)24)6-7-27-3)19(22-15)11-8-10(20)4-5-12(11)21-18(19)26/h4-5,8-9,13-15,22H,6-7H2,1-3H3,(H,21,26)/t13-,14-,15-,19+/m0/s1. The summed E-state index contributed by atoms with van der Waals surface area (Å²) in [4.78, 5) is 40.5. The number of halogens is 1. The second-order valence-corrected chi connectivity index (χ2v) is 7.69. The quantitative estimate of drug-likeness (QED) is 0.762. The summed E-state index contributed by atoms with van der Waals surface area (Å²) < 4.78 is 19.0. The predicted octanol–water partition coefficient (Wildman–Crippen LogP) is 0.849. The molecule has 1 spiro atoms. The lowest BCUT2D eigenvalue weighted by Gasteiger charge is -2.30. The third-order valence-electron chi connectivity index (χ3n) is 5.94. The summed E-state index contributed by atoms with van der Waals surface area (Å²) >= 11 is 0. The first-order chi connectivity index (χ1) is 12.8. The second kappa shape index (κ2) is 6.10. The third kappa shape index (κ3) is 2.29.